The molecule has 26 heavy (non-hydrogen) atoms. The summed E-state index contributed by atoms with van der Waals surface area (Å²) in [5.41, 5.74) is 1.17. The smallest absolute Gasteiger partial charge is 0.222 e. The van der Waals surface area contributed by atoms with Crippen LogP contribution in [-0.4, -0.2) is 42.6 Å². The largest absolute Gasteiger partial charge is 0.497 e. The number of pyridine rings is 1. The molecule has 0 saturated carbocycles. The normalized spacial score (nSPS) is 16.5. The Labute approximate surface area is 155 Å². The van der Waals surface area contributed by atoms with Crippen molar-refractivity contribution in [2.24, 2.45) is 5.92 Å². The maximum absolute atomic E-state index is 12.4. The number of aryl methyl sites for hydroxylation is 1. The molecule has 0 N–H and O–H groups in total. The maximum atomic E-state index is 12.4. The SMILES string of the molecule is COc1ccc(CCC(=O)N2CCC(CCOc3ccncc3)C2)cc1. The van der Waals surface area contributed by atoms with Crippen molar-refractivity contribution in [2.45, 2.75) is 25.7 Å². The standard InChI is InChI=1S/C21H26N2O3/c1-25-19-5-2-17(3-6-19)4-7-21(24)23-14-10-18(16-23)11-15-26-20-8-12-22-13-9-20/h2-3,5-6,8-9,12-13,18H,4,7,10-11,14-16H2,1H3. The molecule has 5 heteroatoms. The van der Waals surface area contributed by atoms with Crippen LogP contribution < -0.4 is 9.47 Å². The Kier molecular flexibility index (Phi) is 6.47. The van der Waals surface area contributed by atoms with E-state index in [1.54, 1.807) is 19.5 Å². The molecule has 0 radical (unpaired) electrons. The number of rotatable bonds is 8. The van der Waals surface area contributed by atoms with E-state index >= 15 is 0 Å². The van der Waals surface area contributed by atoms with Gasteiger partial charge in [-0.2, -0.15) is 0 Å². The van der Waals surface area contributed by atoms with Gasteiger partial charge in [-0.05, 0) is 55.0 Å². The van der Waals surface area contributed by atoms with Gasteiger partial charge in [0.25, 0.3) is 0 Å². The first kappa shape index (κ1) is 18.2. The van der Waals surface area contributed by atoms with E-state index in [-0.39, 0.29) is 5.91 Å². The zero-order valence-electron chi connectivity index (χ0n) is 15.3. The molecular weight excluding hydrogens is 328 g/mol. The van der Waals surface area contributed by atoms with Crippen molar-refractivity contribution < 1.29 is 14.3 Å². The average Bonchev–Trinajstić information content (AvgIpc) is 3.16. The monoisotopic (exact) mass is 354 g/mol. The molecule has 1 fully saturated rings. The van der Waals surface area contributed by atoms with Crippen molar-refractivity contribution in [3.63, 3.8) is 0 Å². The van der Waals surface area contributed by atoms with Gasteiger partial charge in [-0.15, -0.1) is 0 Å². The lowest BCUT2D eigenvalue weighted by Gasteiger charge is -2.17. The van der Waals surface area contributed by atoms with Crippen LogP contribution in [0.3, 0.4) is 0 Å². The minimum atomic E-state index is 0.248. The van der Waals surface area contributed by atoms with Crippen LogP contribution in [0, 0.1) is 5.92 Å². The molecule has 138 valence electrons. The fourth-order valence-corrected chi connectivity index (χ4v) is 3.27. The van der Waals surface area contributed by atoms with Gasteiger partial charge in [0.05, 0.1) is 13.7 Å². The molecule has 0 bridgehead atoms. The number of hydrogen-bond donors (Lipinski definition) is 0. The van der Waals surface area contributed by atoms with Crippen LogP contribution in [0.15, 0.2) is 48.8 Å². The predicted molar refractivity (Wildman–Crippen MR) is 100 cm³/mol. The lowest BCUT2D eigenvalue weighted by molar-refractivity contribution is -0.130. The van der Waals surface area contributed by atoms with E-state index in [0.29, 0.717) is 18.9 Å². The van der Waals surface area contributed by atoms with Crippen molar-refractivity contribution >= 4 is 5.91 Å². The Morgan fingerprint density at radius 3 is 2.65 bits per heavy atom. The number of methoxy groups -OCH3 is 1. The van der Waals surface area contributed by atoms with Gasteiger partial charge < -0.3 is 14.4 Å². The Morgan fingerprint density at radius 2 is 1.92 bits per heavy atom. The summed E-state index contributed by atoms with van der Waals surface area (Å²) in [6.07, 6.45) is 6.84. The second kappa shape index (κ2) is 9.22. The number of carbonyl (C=O) groups excluding carboxylic acids is 1. The fourth-order valence-electron chi connectivity index (χ4n) is 3.27. The van der Waals surface area contributed by atoms with Gasteiger partial charge in [-0.3, -0.25) is 9.78 Å². The van der Waals surface area contributed by atoms with Crippen LogP contribution >= 0.6 is 0 Å². The molecule has 2 heterocycles. The minimum Gasteiger partial charge on any atom is -0.497 e. The average molecular weight is 354 g/mol. The van der Waals surface area contributed by atoms with Crippen molar-refractivity contribution in [1.29, 1.82) is 0 Å². The topological polar surface area (TPSA) is 51.7 Å². The molecule has 0 aliphatic carbocycles. The molecule has 3 rings (SSSR count). The summed E-state index contributed by atoms with van der Waals surface area (Å²) in [6.45, 7) is 2.39. The second-order valence-electron chi connectivity index (χ2n) is 6.66. The van der Waals surface area contributed by atoms with Crippen molar-refractivity contribution in [2.75, 3.05) is 26.8 Å². The molecule has 1 aromatic carbocycles. The molecule has 1 unspecified atom stereocenters. The molecule has 1 aromatic heterocycles. The molecule has 2 aromatic rings. The Balaban J connectivity index is 1.36. The van der Waals surface area contributed by atoms with E-state index in [2.05, 4.69) is 4.98 Å². The van der Waals surface area contributed by atoms with Gasteiger partial charge in [0.1, 0.15) is 11.5 Å². The molecule has 1 aliphatic heterocycles. The summed E-state index contributed by atoms with van der Waals surface area (Å²) in [5.74, 6) is 2.47. The highest BCUT2D eigenvalue weighted by atomic mass is 16.5. The molecule has 0 spiro atoms. The number of likely N-dealkylation sites (tertiary alicyclic amines) is 1. The van der Waals surface area contributed by atoms with Crippen LogP contribution in [0.4, 0.5) is 0 Å². The minimum absolute atomic E-state index is 0.248. The van der Waals surface area contributed by atoms with E-state index < -0.39 is 0 Å². The van der Waals surface area contributed by atoms with Gasteiger partial charge in [-0.25, -0.2) is 0 Å². The van der Waals surface area contributed by atoms with E-state index in [1.165, 1.54) is 5.56 Å². The van der Waals surface area contributed by atoms with E-state index in [0.717, 1.165) is 43.9 Å². The van der Waals surface area contributed by atoms with Gasteiger partial charge in [0.2, 0.25) is 5.91 Å². The number of nitrogens with zero attached hydrogens (tertiary/aromatic N) is 2. The number of benzene rings is 1. The predicted octanol–water partition coefficient (Wildman–Crippen LogP) is 3.34. The summed E-state index contributed by atoms with van der Waals surface area (Å²) >= 11 is 0. The first-order valence-electron chi connectivity index (χ1n) is 9.18. The summed E-state index contributed by atoms with van der Waals surface area (Å²) < 4.78 is 10.9. The van der Waals surface area contributed by atoms with Crippen molar-refractivity contribution in [3.8, 4) is 11.5 Å². The van der Waals surface area contributed by atoms with Gasteiger partial charge in [-0.1, -0.05) is 12.1 Å². The summed E-state index contributed by atoms with van der Waals surface area (Å²) in [4.78, 5) is 18.4. The molecule has 1 saturated heterocycles. The van der Waals surface area contributed by atoms with Crippen LogP contribution in [0.2, 0.25) is 0 Å². The highest BCUT2D eigenvalue weighted by Gasteiger charge is 2.25. The highest BCUT2D eigenvalue weighted by molar-refractivity contribution is 5.76. The molecule has 1 atom stereocenters. The van der Waals surface area contributed by atoms with Gasteiger partial charge in [0.15, 0.2) is 0 Å². The third-order valence-electron chi connectivity index (χ3n) is 4.87. The van der Waals surface area contributed by atoms with E-state index in [1.807, 2.05) is 41.3 Å². The molecular formula is C21H26N2O3. The maximum Gasteiger partial charge on any atom is 0.222 e. The quantitative estimate of drug-likeness (QED) is 0.730. The lowest BCUT2D eigenvalue weighted by atomic mass is 10.1. The number of carbonyl (C=O) groups is 1. The number of amides is 1. The van der Waals surface area contributed by atoms with Crippen molar-refractivity contribution in [3.05, 3.63) is 54.4 Å². The second-order valence-corrected chi connectivity index (χ2v) is 6.66. The van der Waals surface area contributed by atoms with Crippen LogP contribution in [-0.2, 0) is 11.2 Å². The van der Waals surface area contributed by atoms with Gasteiger partial charge >= 0.3 is 0 Å². The molecule has 5 nitrogen and oxygen atoms in total. The molecule has 1 amide bonds. The summed E-state index contributed by atoms with van der Waals surface area (Å²) in [6, 6.07) is 11.7. The first-order valence-corrected chi connectivity index (χ1v) is 9.18. The lowest BCUT2D eigenvalue weighted by Crippen LogP contribution is -2.29. The highest BCUT2D eigenvalue weighted by Crippen LogP contribution is 2.21. The van der Waals surface area contributed by atoms with E-state index in [4.69, 9.17) is 9.47 Å². The number of hydrogen-bond acceptors (Lipinski definition) is 4. The van der Waals surface area contributed by atoms with E-state index in [9.17, 15) is 4.79 Å². The van der Waals surface area contributed by atoms with Crippen molar-refractivity contribution in [1.82, 2.24) is 9.88 Å². The summed E-state index contributed by atoms with van der Waals surface area (Å²) in [5, 5.41) is 0. The van der Waals surface area contributed by atoms with Crippen LogP contribution in [0.1, 0.15) is 24.8 Å². The zero-order chi connectivity index (χ0) is 18.2. The van der Waals surface area contributed by atoms with Gasteiger partial charge in [0, 0.05) is 31.9 Å². The Morgan fingerprint density at radius 1 is 1.15 bits per heavy atom. The third kappa shape index (κ3) is 5.22. The Bertz CT molecular complexity index is 688. The zero-order valence-corrected chi connectivity index (χ0v) is 15.3. The fraction of sp³-hybridized carbons (Fsp3) is 0.429. The Hall–Kier alpha value is -2.56. The van der Waals surface area contributed by atoms with Crippen LogP contribution in [0.25, 0.3) is 0 Å². The number of ether oxygens (including phenoxy) is 2. The first-order chi connectivity index (χ1) is 12.7. The summed E-state index contributed by atoms with van der Waals surface area (Å²) in [7, 11) is 1.66. The third-order valence-corrected chi connectivity index (χ3v) is 4.87. The number of aromatic nitrogens is 1. The molecule has 1 aliphatic rings. The van der Waals surface area contributed by atoms with Crippen LogP contribution in [0.5, 0.6) is 11.5 Å².